The van der Waals surface area contributed by atoms with Crippen molar-refractivity contribution in [1.82, 2.24) is 20.4 Å². The van der Waals surface area contributed by atoms with Gasteiger partial charge in [0.05, 0.1) is 10.6 Å². The Hall–Kier alpha value is -2.42. The minimum atomic E-state index is -0.808. The molecule has 0 fully saturated rings. The highest BCUT2D eigenvalue weighted by atomic mass is 32.1. The Balaban J connectivity index is 1.79. The van der Waals surface area contributed by atoms with Crippen LogP contribution in [0.3, 0.4) is 0 Å². The molecule has 0 saturated heterocycles. The molecule has 2 aromatic heterocycles. The van der Waals surface area contributed by atoms with Gasteiger partial charge in [0.1, 0.15) is 10.9 Å². The highest BCUT2D eigenvalue weighted by molar-refractivity contribution is 7.20. The number of carbonyl (C=O) groups is 3. The minimum Gasteiger partial charge on any atom is -0.481 e. The third-order valence-corrected chi connectivity index (χ3v) is 5.23. The number of aromatic nitrogens is 2. The number of amides is 2. The zero-order valence-electron chi connectivity index (χ0n) is 15.2. The van der Waals surface area contributed by atoms with Crippen LogP contribution in [0.15, 0.2) is 6.07 Å². The molecule has 1 unspecified atom stereocenters. The molecule has 0 spiro atoms. The van der Waals surface area contributed by atoms with Crippen LogP contribution in [0.1, 0.15) is 48.0 Å². The van der Waals surface area contributed by atoms with Crippen molar-refractivity contribution in [2.24, 2.45) is 7.05 Å². The van der Waals surface area contributed by atoms with Crippen LogP contribution in [0.2, 0.25) is 0 Å². The van der Waals surface area contributed by atoms with E-state index in [1.165, 1.54) is 11.3 Å². The zero-order valence-corrected chi connectivity index (χ0v) is 16.0. The maximum Gasteiger partial charge on any atom is 0.303 e. The Kier molecular flexibility index (Phi) is 6.73. The number of aryl methyl sites for hydroxylation is 2. The molecule has 0 aliphatic rings. The van der Waals surface area contributed by atoms with Gasteiger partial charge < -0.3 is 15.7 Å². The monoisotopic (exact) mass is 380 g/mol. The zero-order chi connectivity index (χ0) is 19.3. The van der Waals surface area contributed by atoms with Crippen molar-refractivity contribution in [3.63, 3.8) is 0 Å². The number of aliphatic carboxylic acids is 1. The lowest BCUT2D eigenvalue weighted by atomic mass is 10.2. The lowest BCUT2D eigenvalue weighted by molar-refractivity contribution is -0.137. The third kappa shape index (κ3) is 5.04. The molecule has 142 valence electrons. The number of nitrogens with one attached hydrogen (secondary N) is 2. The number of carboxylic acids is 1. The normalized spacial score (nSPS) is 12.1. The first kappa shape index (κ1) is 19.9. The van der Waals surface area contributed by atoms with Gasteiger partial charge >= 0.3 is 5.97 Å². The quantitative estimate of drug-likeness (QED) is 0.574. The van der Waals surface area contributed by atoms with Gasteiger partial charge in [0.25, 0.3) is 5.91 Å². The topological polar surface area (TPSA) is 113 Å². The maximum atomic E-state index is 12.4. The number of nitrogens with zero attached hydrogens (tertiary/aromatic N) is 2. The molecule has 0 aliphatic carbocycles. The summed E-state index contributed by atoms with van der Waals surface area (Å²) in [6.45, 7) is 3.99. The molecular weight excluding hydrogens is 356 g/mol. The second-order valence-corrected chi connectivity index (χ2v) is 7.26. The van der Waals surface area contributed by atoms with Gasteiger partial charge in [0, 0.05) is 25.4 Å². The SMILES string of the molecule is Cc1nn(C)c2sc(C(=O)NC(C)C(=O)NCCCCCC(=O)O)cc12. The summed E-state index contributed by atoms with van der Waals surface area (Å²) in [6.07, 6.45) is 2.19. The molecule has 0 bridgehead atoms. The Morgan fingerprint density at radius 2 is 2.04 bits per heavy atom. The fraction of sp³-hybridized carbons (Fsp3) is 0.529. The summed E-state index contributed by atoms with van der Waals surface area (Å²) in [6, 6.07) is 1.15. The molecular formula is C17H24N4O4S. The molecule has 3 N–H and O–H groups in total. The number of fused-ring (bicyclic) bond motifs is 1. The van der Waals surface area contributed by atoms with Crippen molar-refractivity contribution in [3.05, 3.63) is 16.6 Å². The minimum absolute atomic E-state index is 0.143. The summed E-state index contributed by atoms with van der Waals surface area (Å²) >= 11 is 1.34. The van der Waals surface area contributed by atoms with Crippen LogP contribution in [0.25, 0.3) is 10.2 Å². The highest BCUT2D eigenvalue weighted by Crippen LogP contribution is 2.27. The van der Waals surface area contributed by atoms with Gasteiger partial charge in [-0.3, -0.25) is 19.1 Å². The smallest absolute Gasteiger partial charge is 0.303 e. The van der Waals surface area contributed by atoms with Gasteiger partial charge in [-0.2, -0.15) is 5.10 Å². The summed E-state index contributed by atoms with van der Waals surface area (Å²) < 4.78 is 1.74. The molecule has 8 nitrogen and oxygen atoms in total. The van der Waals surface area contributed by atoms with E-state index < -0.39 is 12.0 Å². The average molecular weight is 380 g/mol. The third-order valence-electron chi connectivity index (χ3n) is 4.03. The molecule has 0 aromatic carbocycles. The van der Waals surface area contributed by atoms with E-state index in [9.17, 15) is 14.4 Å². The second-order valence-electron chi connectivity index (χ2n) is 6.23. The van der Waals surface area contributed by atoms with E-state index in [-0.39, 0.29) is 18.2 Å². The Labute approximate surface area is 155 Å². The van der Waals surface area contributed by atoms with Crippen LogP contribution in [0, 0.1) is 6.92 Å². The number of hydrogen-bond donors (Lipinski definition) is 3. The van der Waals surface area contributed by atoms with Gasteiger partial charge in [-0.05, 0) is 32.8 Å². The fourth-order valence-electron chi connectivity index (χ4n) is 2.59. The molecule has 26 heavy (non-hydrogen) atoms. The maximum absolute atomic E-state index is 12.4. The molecule has 0 saturated carbocycles. The molecule has 2 aromatic rings. The van der Waals surface area contributed by atoms with E-state index in [1.807, 2.05) is 14.0 Å². The van der Waals surface area contributed by atoms with Gasteiger partial charge in [-0.1, -0.05) is 6.42 Å². The Morgan fingerprint density at radius 1 is 1.31 bits per heavy atom. The van der Waals surface area contributed by atoms with Gasteiger partial charge in [-0.25, -0.2) is 0 Å². The van der Waals surface area contributed by atoms with E-state index in [0.717, 1.165) is 22.3 Å². The number of thiophene rings is 1. The summed E-state index contributed by atoms with van der Waals surface area (Å²) in [5.41, 5.74) is 0.867. The first-order valence-corrected chi connectivity index (χ1v) is 9.34. The Bertz CT molecular complexity index is 777. The van der Waals surface area contributed by atoms with E-state index in [2.05, 4.69) is 15.7 Å². The van der Waals surface area contributed by atoms with Crippen molar-refractivity contribution in [1.29, 1.82) is 0 Å². The number of carbonyl (C=O) groups excluding carboxylic acids is 2. The summed E-state index contributed by atoms with van der Waals surface area (Å²) in [5, 5.41) is 19.3. The van der Waals surface area contributed by atoms with Crippen LogP contribution in [-0.2, 0) is 16.6 Å². The predicted octanol–water partition coefficient (Wildman–Crippen LogP) is 1.82. The van der Waals surface area contributed by atoms with Crippen molar-refractivity contribution < 1.29 is 19.5 Å². The first-order chi connectivity index (χ1) is 12.3. The summed E-state index contributed by atoms with van der Waals surface area (Å²) in [7, 11) is 1.83. The lowest BCUT2D eigenvalue weighted by Crippen LogP contribution is -2.44. The first-order valence-electron chi connectivity index (χ1n) is 8.53. The van der Waals surface area contributed by atoms with Crippen LogP contribution in [-0.4, -0.2) is 45.3 Å². The van der Waals surface area contributed by atoms with Gasteiger partial charge in [0.15, 0.2) is 0 Å². The molecule has 0 radical (unpaired) electrons. The van der Waals surface area contributed by atoms with Gasteiger partial charge in [-0.15, -0.1) is 11.3 Å². The van der Waals surface area contributed by atoms with Gasteiger partial charge in [0.2, 0.25) is 5.91 Å². The molecule has 0 aliphatic heterocycles. The number of hydrogen-bond acceptors (Lipinski definition) is 5. The fourth-order valence-corrected chi connectivity index (χ4v) is 3.62. The molecule has 9 heteroatoms. The van der Waals surface area contributed by atoms with Crippen molar-refractivity contribution in [3.8, 4) is 0 Å². The predicted molar refractivity (Wildman–Crippen MR) is 99.4 cm³/mol. The van der Waals surface area contributed by atoms with E-state index in [4.69, 9.17) is 5.11 Å². The number of rotatable bonds is 9. The largest absolute Gasteiger partial charge is 0.481 e. The summed E-state index contributed by atoms with van der Waals surface area (Å²) in [4.78, 5) is 36.3. The van der Waals surface area contributed by atoms with Crippen LogP contribution in [0.4, 0.5) is 0 Å². The lowest BCUT2D eigenvalue weighted by Gasteiger charge is -2.13. The Morgan fingerprint density at radius 3 is 2.69 bits per heavy atom. The highest BCUT2D eigenvalue weighted by Gasteiger charge is 2.19. The van der Waals surface area contributed by atoms with Crippen molar-refractivity contribution in [2.75, 3.05) is 6.54 Å². The molecule has 2 amide bonds. The molecule has 2 rings (SSSR count). The van der Waals surface area contributed by atoms with Crippen LogP contribution >= 0.6 is 11.3 Å². The van der Waals surface area contributed by atoms with Crippen LogP contribution < -0.4 is 10.6 Å². The average Bonchev–Trinajstić information content (AvgIpc) is 3.12. The molecule has 1 atom stereocenters. The van der Waals surface area contributed by atoms with Crippen molar-refractivity contribution >= 4 is 39.3 Å². The second kappa shape index (κ2) is 8.79. The molecule has 2 heterocycles. The number of carboxylic acid groups (broad SMARTS) is 1. The van der Waals surface area contributed by atoms with Crippen LogP contribution in [0.5, 0.6) is 0 Å². The van der Waals surface area contributed by atoms with E-state index in [1.54, 1.807) is 17.7 Å². The van der Waals surface area contributed by atoms with E-state index >= 15 is 0 Å². The standard InChI is InChI=1S/C17H24N4O4S/c1-10-12-9-13(26-17(12)21(3)20-10)16(25)19-11(2)15(24)18-8-6-4-5-7-14(22)23/h9,11H,4-8H2,1-3H3,(H,18,24)(H,19,25)(H,22,23). The summed E-state index contributed by atoms with van der Waals surface area (Å²) in [5.74, 6) is -1.34. The number of unbranched alkanes of at least 4 members (excludes halogenated alkanes) is 2. The van der Waals surface area contributed by atoms with Crippen molar-refractivity contribution in [2.45, 2.75) is 45.6 Å². The van der Waals surface area contributed by atoms with E-state index in [0.29, 0.717) is 24.3 Å².